The van der Waals surface area contributed by atoms with E-state index in [2.05, 4.69) is 5.10 Å². The third-order valence-electron chi connectivity index (χ3n) is 3.71. The number of nitrogens with two attached hydrogens (primary N) is 2. The lowest BCUT2D eigenvalue weighted by atomic mass is 9.98. The minimum atomic E-state index is -1.31. The van der Waals surface area contributed by atoms with E-state index in [4.69, 9.17) is 23.1 Å². The molecule has 3 rings (SSSR count). The molecule has 3 aromatic rings. The highest BCUT2D eigenvalue weighted by molar-refractivity contribution is 6.34. The molecule has 0 radical (unpaired) electrons. The van der Waals surface area contributed by atoms with Gasteiger partial charge in [-0.1, -0.05) is 11.6 Å². The lowest BCUT2D eigenvalue weighted by Gasteiger charge is -2.15. The summed E-state index contributed by atoms with van der Waals surface area (Å²) >= 11 is 5.87. The van der Waals surface area contributed by atoms with Crippen molar-refractivity contribution >= 4 is 34.1 Å². The van der Waals surface area contributed by atoms with Crippen LogP contribution in [0.1, 0.15) is 10.4 Å². The lowest BCUT2D eigenvalue weighted by Crippen LogP contribution is -2.18. The Kier molecular flexibility index (Phi) is 3.64. The number of hydrogen-bond donors (Lipinski definition) is 2. The van der Waals surface area contributed by atoms with Gasteiger partial charge in [0.15, 0.2) is 11.6 Å². The Labute approximate surface area is 138 Å². The molecular weight excluding hydrogens is 345 g/mol. The van der Waals surface area contributed by atoms with Gasteiger partial charge in [-0.05, 0) is 12.1 Å². The van der Waals surface area contributed by atoms with Crippen LogP contribution in [0.15, 0.2) is 18.3 Å². The molecule has 0 fully saturated rings. The van der Waals surface area contributed by atoms with Crippen molar-refractivity contribution in [1.82, 2.24) is 9.78 Å². The highest BCUT2D eigenvalue weighted by atomic mass is 35.5. The highest BCUT2D eigenvalue weighted by Crippen LogP contribution is 2.42. The van der Waals surface area contributed by atoms with Gasteiger partial charge in [-0.2, -0.15) is 5.10 Å². The Bertz CT molecular complexity index is 987. The number of nitrogens with zero attached hydrogens (tertiary/aromatic N) is 2. The largest absolute Gasteiger partial charge is 0.396 e. The lowest BCUT2D eigenvalue weighted by molar-refractivity contribution is 0.0997. The number of rotatable bonds is 2. The molecule has 0 saturated carbocycles. The van der Waals surface area contributed by atoms with Crippen molar-refractivity contribution in [1.29, 1.82) is 0 Å². The first-order valence-electron chi connectivity index (χ1n) is 6.62. The molecule has 0 aliphatic heterocycles. The Hall–Kier alpha value is -2.74. The van der Waals surface area contributed by atoms with Crippen molar-refractivity contribution in [3.05, 3.63) is 46.4 Å². The minimum absolute atomic E-state index is 0.196. The van der Waals surface area contributed by atoms with Crippen LogP contribution in [0.25, 0.3) is 22.0 Å². The average molecular weight is 355 g/mol. The number of aromatic nitrogens is 2. The zero-order chi connectivity index (χ0) is 17.8. The van der Waals surface area contributed by atoms with Crippen molar-refractivity contribution in [2.45, 2.75) is 0 Å². The van der Waals surface area contributed by atoms with Crippen LogP contribution < -0.4 is 11.5 Å². The molecule has 0 spiro atoms. The maximum absolute atomic E-state index is 14.7. The Morgan fingerprint density at radius 3 is 2.50 bits per heavy atom. The first kappa shape index (κ1) is 16.1. The quantitative estimate of drug-likeness (QED) is 0.548. The molecule has 24 heavy (non-hydrogen) atoms. The Morgan fingerprint density at radius 1 is 1.21 bits per heavy atom. The molecular formula is C15H10ClF3N4O. The van der Waals surface area contributed by atoms with Crippen LogP contribution in [-0.4, -0.2) is 15.7 Å². The van der Waals surface area contributed by atoms with Crippen LogP contribution in [0.3, 0.4) is 0 Å². The minimum Gasteiger partial charge on any atom is -0.396 e. The SMILES string of the molecule is Cn1ncc2ccc(F)c(-c3c(F)c(N)c(C(N)=O)c(F)c3Cl)c21. The zero-order valence-corrected chi connectivity index (χ0v) is 13.0. The molecule has 5 nitrogen and oxygen atoms in total. The molecule has 2 aromatic carbocycles. The number of fused-ring (bicyclic) bond motifs is 1. The van der Waals surface area contributed by atoms with E-state index in [0.717, 1.165) is 6.07 Å². The van der Waals surface area contributed by atoms with Gasteiger partial charge >= 0.3 is 0 Å². The van der Waals surface area contributed by atoms with E-state index in [1.54, 1.807) is 0 Å². The monoisotopic (exact) mass is 354 g/mol. The summed E-state index contributed by atoms with van der Waals surface area (Å²) < 4.78 is 44.8. The topological polar surface area (TPSA) is 86.9 Å². The third kappa shape index (κ3) is 2.10. The van der Waals surface area contributed by atoms with Crippen LogP contribution in [0.2, 0.25) is 5.02 Å². The summed E-state index contributed by atoms with van der Waals surface area (Å²) in [6.07, 6.45) is 1.43. The van der Waals surface area contributed by atoms with Gasteiger partial charge in [-0.25, -0.2) is 13.2 Å². The van der Waals surface area contributed by atoms with Crippen LogP contribution in [0.5, 0.6) is 0 Å². The van der Waals surface area contributed by atoms with E-state index in [0.29, 0.717) is 5.39 Å². The van der Waals surface area contributed by atoms with Gasteiger partial charge in [0.25, 0.3) is 5.91 Å². The number of primary amides is 1. The second-order valence-corrected chi connectivity index (χ2v) is 5.48. The first-order chi connectivity index (χ1) is 11.3. The number of halogens is 4. The first-order valence-corrected chi connectivity index (χ1v) is 6.99. The van der Waals surface area contributed by atoms with Gasteiger partial charge in [-0.15, -0.1) is 0 Å². The molecule has 1 heterocycles. The van der Waals surface area contributed by atoms with E-state index in [1.165, 1.54) is 24.0 Å². The van der Waals surface area contributed by atoms with Gasteiger partial charge in [0.05, 0.1) is 22.4 Å². The molecule has 0 bridgehead atoms. The molecule has 0 atom stereocenters. The van der Waals surface area contributed by atoms with Gasteiger partial charge in [-0.3, -0.25) is 9.48 Å². The van der Waals surface area contributed by atoms with Crippen LogP contribution in [0, 0.1) is 17.5 Å². The summed E-state index contributed by atoms with van der Waals surface area (Å²) in [5.41, 5.74) is 8.06. The van der Waals surface area contributed by atoms with E-state index in [-0.39, 0.29) is 11.1 Å². The standard InChI is InChI=1S/C15H10ClF3N4O/c1-23-14-5(4-22-23)2-3-6(17)7(14)8-10(16)11(18)9(15(21)24)13(20)12(8)19/h2-4H,20H2,1H3,(H2,21,24). The van der Waals surface area contributed by atoms with E-state index >= 15 is 0 Å². The number of nitrogen functional groups attached to an aromatic ring is 1. The number of anilines is 1. The number of amides is 1. The smallest absolute Gasteiger partial charge is 0.253 e. The molecule has 1 aromatic heterocycles. The average Bonchev–Trinajstić information content (AvgIpc) is 2.89. The summed E-state index contributed by atoms with van der Waals surface area (Å²) in [7, 11) is 1.51. The van der Waals surface area contributed by atoms with Gasteiger partial charge in [0.2, 0.25) is 0 Å². The van der Waals surface area contributed by atoms with Crippen molar-refractivity contribution in [2.75, 3.05) is 5.73 Å². The molecule has 4 N–H and O–H groups in total. The molecule has 0 aliphatic rings. The number of benzene rings is 2. The zero-order valence-electron chi connectivity index (χ0n) is 12.2. The number of carbonyl (C=O) groups excluding carboxylic acids is 1. The highest BCUT2D eigenvalue weighted by Gasteiger charge is 2.29. The van der Waals surface area contributed by atoms with Gasteiger partial charge in [0, 0.05) is 23.6 Å². The number of carbonyl (C=O) groups is 1. The van der Waals surface area contributed by atoms with Gasteiger partial charge < -0.3 is 11.5 Å². The summed E-state index contributed by atoms with van der Waals surface area (Å²) in [5.74, 6) is -4.67. The number of aryl methyl sites for hydroxylation is 1. The molecule has 1 amide bonds. The van der Waals surface area contributed by atoms with E-state index in [1.807, 2.05) is 0 Å². The van der Waals surface area contributed by atoms with E-state index < -0.39 is 45.2 Å². The second-order valence-electron chi connectivity index (χ2n) is 5.10. The van der Waals surface area contributed by atoms with Crippen molar-refractivity contribution in [3.63, 3.8) is 0 Å². The number of hydrogen-bond acceptors (Lipinski definition) is 3. The fourth-order valence-electron chi connectivity index (χ4n) is 2.62. The summed E-state index contributed by atoms with van der Waals surface area (Å²) in [4.78, 5) is 11.3. The van der Waals surface area contributed by atoms with Crippen LogP contribution in [0.4, 0.5) is 18.9 Å². The van der Waals surface area contributed by atoms with Crippen LogP contribution >= 0.6 is 11.6 Å². The Morgan fingerprint density at radius 2 is 1.88 bits per heavy atom. The molecule has 0 saturated heterocycles. The maximum atomic E-state index is 14.7. The molecule has 0 unspecified atom stereocenters. The third-order valence-corrected chi connectivity index (χ3v) is 4.06. The van der Waals surface area contributed by atoms with Crippen molar-refractivity contribution in [3.8, 4) is 11.1 Å². The van der Waals surface area contributed by atoms with Crippen molar-refractivity contribution in [2.24, 2.45) is 12.8 Å². The Balaban J connectivity index is 2.51. The van der Waals surface area contributed by atoms with E-state index in [9.17, 15) is 18.0 Å². The molecule has 124 valence electrons. The summed E-state index contributed by atoms with van der Waals surface area (Å²) in [5, 5.41) is 3.66. The second kappa shape index (κ2) is 5.41. The predicted octanol–water partition coefficient (Wildman–Crippen LogP) is 2.99. The predicted molar refractivity (Wildman–Crippen MR) is 84.0 cm³/mol. The fourth-order valence-corrected chi connectivity index (χ4v) is 2.89. The maximum Gasteiger partial charge on any atom is 0.253 e. The molecule has 9 heteroatoms. The molecule has 0 aliphatic carbocycles. The van der Waals surface area contributed by atoms with Crippen LogP contribution in [-0.2, 0) is 7.05 Å². The normalized spacial score (nSPS) is 11.2. The summed E-state index contributed by atoms with van der Waals surface area (Å²) in [6.45, 7) is 0. The van der Waals surface area contributed by atoms with Crippen molar-refractivity contribution < 1.29 is 18.0 Å². The summed E-state index contributed by atoms with van der Waals surface area (Å²) in [6, 6.07) is 2.51. The van der Waals surface area contributed by atoms with Gasteiger partial charge in [0.1, 0.15) is 11.4 Å². The fraction of sp³-hybridized carbons (Fsp3) is 0.0667.